The quantitative estimate of drug-likeness (QED) is 0.621. The third kappa shape index (κ3) is 4.14. The van der Waals surface area contributed by atoms with Crippen molar-refractivity contribution in [2.75, 3.05) is 11.4 Å². The van der Waals surface area contributed by atoms with Crippen molar-refractivity contribution in [1.29, 1.82) is 0 Å². The summed E-state index contributed by atoms with van der Waals surface area (Å²) < 4.78 is 33.6. The van der Waals surface area contributed by atoms with E-state index < -0.39 is 10.0 Å². The van der Waals surface area contributed by atoms with Crippen molar-refractivity contribution in [3.63, 3.8) is 0 Å². The molecule has 3 rings (SSSR count). The molecule has 0 atom stereocenters. The molecule has 0 heterocycles. The van der Waals surface area contributed by atoms with Crippen LogP contribution >= 0.6 is 0 Å². The van der Waals surface area contributed by atoms with Gasteiger partial charge in [0.05, 0.1) is 24.2 Å². The first-order chi connectivity index (χ1) is 12.9. The molecule has 0 fully saturated rings. The zero-order chi connectivity index (χ0) is 19.4. The zero-order valence-corrected chi connectivity index (χ0v) is 16.5. The second-order valence-electron chi connectivity index (χ2n) is 6.46. The summed E-state index contributed by atoms with van der Waals surface area (Å²) in [7, 11) is -2.14. The molecular formula is C22H23NO3S. The summed E-state index contributed by atoms with van der Waals surface area (Å²) >= 11 is 0. The van der Waals surface area contributed by atoms with Crippen LogP contribution in [0.1, 0.15) is 16.7 Å². The molecule has 0 aliphatic carbocycles. The minimum atomic E-state index is -3.72. The number of anilines is 1. The van der Waals surface area contributed by atoms with Crippen molar-refractivity contribution in [3.05, 3.63) is 89.5 Å². The van der Waals surface area contributed by atoms with Crippen LogP contribution in [-0.2, 0) is 16.6 Å². The minimum Gasteiger partial charge on any atom is -0.497 e. The number of nitrogens with zero attached hydrogens (tertiary/aromatic N) is 1. The Balaban J connectivity index is 2.10. The molecule has 4 nitrogen and oxygen atoms in total. The van der Waals surface area contributed by atoms with Crippen LogP contribution < -0.4 is 9.04 Å². The van der Waals surface area contributed by atoms with Crippen LogP contribution in [0.4, 0.5) is 5.69 Å². The number of sulfonamides is 1. The molecule has 0 radical (unpaired) electrons. The molecule has 0 aliphatic heterocycles. The van der Waals surface area contributed by atoms with E-state index in [-0.39, 0.29) is 6.54 Å². The highest BCUT2D eigenvalue weighted by Gasteiger charge is 2.26. The standard InChI is InChI=1S/C22H23NO3S/c1-17-7-6-9-19(15-17)16-23(20-11-13-21(26-3)14-12-20)27(24,25)22-10-5-4-8-18(22)2/h4-15H,16H2,1-3H3. The Bertz CT molecular complexity index is 1030. The fourth-order valence-corrected chi connectivity index (χ4v) is 4.69. The summed E-state index contributed by atoms with van der Waals surface area (Å²) in [5, 5.41) is 0. The van der Waals surface area contributed by atoms with Gasteiger partial charge in [-0.1, -0.05) is 48.0 Å². The SMILES string of the molecule is COc1ccc(N(Cc2cccc(C)c2)S(=O)(=O)c2ccccc2C)cc1. The van der Waals surface area contributed by atoms with Crippen molar-refractivity contribution in [2.45, 2.75) is 25.3 Å². The summed E-state index contributed by atoms with van der Waals surface area (Å²) in [6, 6.07) is 22.0. The second-order valence-corrected chi connectivity index (χ2v) is 8.29. The molecule has 27 heavy (non-hydrogen) atoms. The van der Waals surface area contributed by atoms with Gasteiger partial charge in [0.2, 0.25) is 0 Å². The summed E-state index contributed by atoms with van der Waals surface area (Å²) in [6.07, 6.45) is 0. The lowest BCUT2D eigenvalue weighted by molar-refractivity contribution is 0.415. The molecule has 0 N–H and O–H groups in total. The minimum absolute atomic E-state index is 0.255. The van der Waals surface area contributed by atoms with Crippen LogP contribution in [0, 0.1) is 13.8 Å². The molecule has 0 saturated carbocycles. The average Bonchev–Trinajstić information content (AvgIpc) is 2.66. The van der Waals surface area contributed by atoms with E-state index in [9.17, 15) is 8.42 Å². The Hall–Kier alpha value is -2.79. The number of ether oxygens (including phenoxy) is 1. The largest absolute Gasteiger partial charge is 0.497 e. The van der Waals surface area contributed by atoms with Gasteiger partial charge in [0, 0.05) is 0 Å². The first kappa shape index (κ1) is 19.0. The lowest BCUT2D eigenvalue weighted by Crippen LogP contribution is -2.31. The predicted molar refractivity (Wildman–Crippen MR) is 109 cm³/mol. The number of benzene rings is 3. The summed E-state index contributed by atoms with van der Waals surface area (Å²) in [5.41, 5.74) is 3.35. The van der Waals surface area contributed by atoms with Crippen molar-refractivity contribution in [3.8, 4) is 5.75 Å². The molecular weight excluding hydrogens is 358 g/mol. The normalized spacial score (nSPS) is 11.2. The van der Waals surface area contributed by atoms with E-state index in [2.05, 4.69) is 0 Å². The van der Waals surface area contributed by atoms with Gasteiger partial charge in [-0.3, -0.25) is 4.31 Å². The van der Waals surface area contributed by atoms with Crippen LogP contribution in [0.2, 0.25) is 0 Å². The van der Waals surface area contributed by atoms with Gasteiger partial charge >= 0.3 is 0 Å². The molecule has 0 saturated heterocycles. The predicted octanol–water partition coefficient (Wildman–Crippen LogP) is 4.71. The van der Waals surface area contributed by atoms with Gasteiger partial charge in [-0.05, 0) is 55.3 Å². The Labute approximate surface area is 161 Å². The zero-order valence-electron chi connectivity index (χ0n) is 15.7. The number of aryl methyl sites for hydroxylation is 2. The molecule has 140 valence electrons. The molecule has 0 aliphatic rings. The van der Waals surface area contributed by atoms with Crippen molar-refractivity contribution in [2.24, 2.45) is 0 Å². The van der Waals surface area contributed by atoms with Crippen LogP contribution in [0.25, 0.3) is 0 Å². The maximum atomic E-state index is 13.5. The third-order valence-corrected chi connectivity index (χ3v) is 6.36. The van der Waals surface area contributed by atoms with Gasteiger partial charge < -0.3 is 4.74 Å². The maximum Gasteiger partial charge on any atom is 0.264 e. The van der Waals surface area contributed by atoms with Crippen LogP contribution in [-0.4, -0.2) is 15.5 Å². The lowest BCUT2D eigenvalue weighted by Gasteiger charge is -2.26. The van der Waals surface area contributed by atoms with E-state index in [1.807, 2.05) is 50.2 Å². The Morgan fingerprint density at radius 1 is 0.889 bits per heavy atom. The van der Waals surface area contributed by atoms with E-state index in [0.717, 1.165) is 16.7 Å². The van der Waals surface area contributed by atoms with Crippen molar-refractivity contribution >= 4 is 15.7 Å². The van der Waals surface area contributed by atoms with Gasteiger partial charge in [-0.15, -0.1) is 0 Å². The van der Waals surface area contributed by atoms with Gasteiger partial charge in [0.15, 0.2) is 0 Å². The third-order valence-electron chi connectivity index (χ3n) is 4.43. The number of methoxy groups -OCH3 is 1. The summed E-state index contributed by atoms with van der Waals surface area (Å²) in [4.78, 5) is 0.313. The van der Waals surface area contributed by atoms with E-state index in [0.29, 0.717) is 16.3 Å². The molecule has 0 bridgehead atoms. The lowest BCUT2D eigenvalue weighted by atomic mass is 10.1. The Morgan fingerprint density at radius 3 is 2.22 bits per heavy atom. The number of rotatable bonds is 6. The van der Waals surface area contributed by atoms with Crippen LogP contribution in [0.15, 0.2) is 77.7 Å². The van der Waals surface area contributed by atoms with E-state index >= 15 is 0 Å². The van der Waals surface area contributed by atoms with Crippen molar-refractivity contribution in [1.82, 2.24) is 0 Å². The number of hydrogen-bond acceptors (Lipinski definition) is 3. The van der Waals surface area contributed by atoms with Gasteiger partial charge in [0.25, 0.3) is 10.0 Å². The first-order valence-electron chi connectivity index (χ1n) is 8.70. The first-order valence-corrected chi connectivity index (χ1v) is 10.1. The van der Waals surface area contributed by atoms with Crippen LogP contribution in [0.3, 0.4) is 0 Å². The van der Waals surface area contributed by atoms with Gasteiger partial charge in [-0.2, -0.15) is 0 Å². The highest BCUT2D eigenvalue weighted by atomic mass is 32.2. The molecule has 0 unspecified atom stereocenters. The highest BCUT2D eigenvalue weighted by Crippen LogP contribution is 2.29. The highest BCUT2D eigenvalue weighted by molar-refractivity contribution is 7.92. The molecule has 0 aromatic heterocycles. The molecule has 0 spiro atoms. The molecule has 5 heteroatoms. The number of hydrogen-bond donors (Lipinski definition) is 0. The van der Waals surface area contributed by atoms with E-state index in [4.69, 9.17) is 4.74 Å². The molecule has 3 aromatic rings. The smallest absolute Gasteiger partial charge is 0.264 e. The fourth-order valence-electron chi connectivity index (χ4n) is 3.00. The van der Waals surface area contributed by atoms with Gasteiger partial charge in [0.1, 0.15) is 5.75 Å². The van der Waals surface area contributed by atoms with Crippen LogP contribution in [0.5, 0.6) is 5.75 Å². The Morgan fingerprint density at radius 2 is 1.59 bits per heavy atom. The van der Waals surface area contributed by atoms with E-state index in [1.165, 1.54) is 4.31 Å². The van der Waals surface area contributed by atoms with Gasteiger partial charge in [-0.25, -0.2) is 8.42 Å². The average molecular weight is 381 g/mol. The Kier molecular flexibility index (Phi) is 5.51. The monoisotopic (exact) mass is 381 g/mol. The fraction of sp³-hybridized carbons (Fsp3) is 0.182. The second kappa shape index (κ2) is 7.84. The van der Waals surface area contributed by atoms with E-state index in [1.54, 1.807) is 43.5 Å². The topological polar surface area (TPSA) is 46.6 Å². The van der Waals surface area contributed by atoms with Crippen molar-refractivity contribution < 1.29 is 13.2 Å². The maximum absolute atomic E-state index is 13.5. The summed E-state index contributed by atoms with van der Waals surface area (Å²) in [6.45, 7) is 4.06. The molecule has 3 aromatic carbocycles. The summed E-state index contributed by atoms with van der Waals surface area (Å²) in [5.74, 6) is 0.683. The molecule has 0 amide bonds.